The lowest BCUT2D eigenvalue weighted by Gasteiger charge is -2.25. The molecule has 0 radical (unpaired) electrons. The lowest BCUT2D eigenvalue weighted by molar-refractivity contribution is 0.310. The van der Waals surface area contributed by atoms with Crippen LogP contribution in [0.25, 0.3) is 0 Å². The fraction of sp³-hybridized carbons (Fsp3) is 0.600. The SMILES string of the molecule is Cc1cccc2c1NCC(CC(C)(C)C)CN2. The van der Waals surface area contributed by atoms with Gasteiger partial charge in [-0.3, -0.25) is 0 Å². The molecule has 2 rings (SSSR count). The van der Waals surface area contributed by atoms with Crippen LogP contribution in [0.15, 0.2) is 18.2 Å². The van der Waals surface area contributed by atoms with Crippen molar-refractivity contribution in [2.45, 2.75) is 34.1 Å². The van der Waals surface area contributed by atoms with Crippen LogP contribution in [0.1, 0.15) is 32.8 Å². The molecule has 0 amide bonds. The van der Waals surface area contributed by atoms with Crippen molar-refractivity contribution in [2.75, 3.05) is 23.7 Å². The van der Waals surface area contributed by atoms with E-state index in [-0.39, 0.29) is 0 Å². The summed E-state index contributed by atoms with van der Waals surface area (Å²) in [6, 6.07) is 6.44. The fourth-order valence-electron chi connectivity index (χ4n) is 2.63. The lowest BCUT2D eigenvalue weighted by Crippen LogP contribution is -2.24. The maximum atomic E-state index is 3.60. The predicted octanol–water partition coefficient (Wildman–Crippen LogP) is 3.88. The van der Waals surface area contributed by atoms with Crippen molar-refractivity contribution in [1.82, 2.24) is 0 Å². The van der Waals surface area contributed by atoms with Gasteiger partial charge in [-0.25, -0.2) is 0 Å². The van der Waals surface area contributed by atoms with Crippen molar-refractivity contribution < 1.29 is 0 Å². The summed E-state index contributed by atoms with van der Waals surface area (Å²) in [7, 11) is 0. The van der Waals surface area contributed by atoms with E-state index in [4.69, 9.17) is 0 Å². The molecule has 0 aliphatic carbocycles. The summed E-state index contributed by atoms with van der Waals surface area (Å²) in [6.45, 7) is 11.3. The van der Waals surface area contributed by atoms with Gasteiger partial charge >= 0.3 is 0 Å². The van der Waals surface area contributed by atoms with E-state index in [1.54, 1.807) is 0 Å². The monoisotopic (exact) mass is 232 g/mol. The number of fused-ring (bicyclic) bond motifs is 1. The van der Waals surface area contributed by atoms with Crippen LogP contribution in [0, 0.1) is 18.3 Å². The second-order valence-electron chi connectivity index (χ2n) is 6.39. The number of anilines is 2. The topological polar surface area (TPSA) is 24.1 Å². The van der Waals surface area contributed by atoms with Crippen molar-refractivity contribution in [3.8, 4) is 0 Å². The smallest absolute Gasteiger partial charge is 0.0605 e. The molecule has 0 bridgehead atoms. The Morgan fingerprint density at radius 1 is 1.18 bits per heavy atom. The average Bonchev–Trinajstić information content (AvgIpc) is 2.40. The van der Waals surface area contributed by atoms with Crippen LogP contribution in [0.2, 0.25) is 0 Å². The Hall–Kier alpha value is -1.18. The molecule has 2 heteroatoms. The van der Waals surface area contributed by atoms with E-state index in [2.05, 4.69) is 56.5 Å². The van der Waals surface area contributed by atoms with E-state index in [1.165, 1.54) is 23.4 Å². The first-order chi connectivity index (χ1) is 7.96. The third-order valence-corrected chi connectivity index (χ3v) is 3.32. The molecule has 1 aliphatic rings. The maximum Gasteiger partial charge on any atom is 0.0605 e. The molecule has 1 aromatic carbocycles. The van der Waals surface area contributed by atoms with Gasteiger partial charge in [0.2, 0.25) is 0 Å². The van der Waals surface area contributed by atoms with Gasteiger partial charge in [-0.05, 0) is 36.3 Å². The molecule has 1 aromatic rings. The first kappa shape index (κ1) is 12.3. The van der Waals surface area contributed by atoms with Crippen LogP contribution in [-0.2, 0) is 0 Å². The largest absolute Gasteiger partial charge is 0.383 e. The molecular weight excluding hydrogens is 208 g/mol. The highest BCUT2D eigenvalue weighted by Gasteiger charge is 2.21. The van der Waals surface area contributed by atoms with Gasteiger partial charge in [0, 0.05) is 13.1 Å². The molecule has 1 heterocycles. The average molecular weight is 232 g/mol. The first-order valence-corrected chi connectivity index (χ1v) is 6.53. The second-order valence-corrected chi connectivity index (χ2v) is 6.39. The Morgan fingerprint density at radius 2 is 1.88 bits per heavy atom. The number of hydrogen-bond donors (Lipinski definition) is 2. The van der Waals surface area contributed by atoms with Crippen molar-refractivity contribution in [2.24, 2.45) is 11.3 Å². The van der Waals surface area contributed by atoms with Gasteiger partial charge in [-0.1, -0.05) is 32.9 Å². The zero-order chi connectivity index (χ0) is 12.5. The number of benzene rings is 1. The number of aryl methyl sites for hydroxylation is 1. The molecule has 2 N–H and O–H groups in total. The Balaban J connectivity index is 2.09. The predicted molar refractivity (Wildman–Crippen MR) is 75.7 cm³/mol. The normalized spacial score (nSPS) is 19.9. The summed E-state index contributed by atoms with van der Waals surface area (Å²) in [5.74, 6) is 0.696. The van der Waals surface area contributed by atoms with Gasteiger partial charge in [-0.2, -0.15) is 0 Å². The summed E-state index contributed by atoms with van der Waals surface area (Å²) in [6.07, 6.45) is 1.25. The maximum absolute atomic E-state index is 3.60. The van der Waals surface area contributed by atoms with Crippen LogP contribution in [0.4, 0.5) is 11.4 Å². The van der Waals surface area contributed by atoms with Crippen molar-refractivity contribution in [3.63, 3.8) is 0 Å². The number of para-hydroxylation sites is 1. The molecule has 0 fully saturated rings. The molecule has 2 nitrogen and oxygen atoms in total. The molecule has 0 saturated carbocycles. The highest BCUT2D eigenvalue weighted by molar-refractivity contribution is 5.73. The van der Waals surface area contributed by atoms with Gasteiger partial charge in [0.25, 0.3) is 0 Å². The van der Waals surface area contributed by atoms with Crippen LogP contribution in [-0.4, -0.2) is 13.1 Å². The van der Waals surface area contributed by atoms with Crippen molar-refractivity contribution in [3.05, 3.63) is 23.8 Å². The van der Waals surface area contributed by atoms with Gasteiger partial charge in [0.1, 0.15) is 0 Å². The summed E-state index contributed by atoms with van der Waals surface area (Å²) >= 11 is 0. The van der Waals surface area contributed by atoms with Crippen molar-refractivity contribution >= 4 is 11.4 Å². The van der Waals surface area contributed by atoms with Crippen LogP contribution in [0.5, 0.6) is 0 Å². The Morgan fingerprint density at radius 3 is 2.59 bits per heavy atom. The minimum absolute atomic E-state index is 0.402. The van der Waals surface area contributed by atoms with Gasteiger partial charge in [0.05, 0.1) is 11.4 Å². The summed E-state index contributed by atoms with van der Waals surface area (Å²) in [5, 5.41) is 7.18. The van der Waals surface area contributed by atoms with E-state index in [1.807, 2.05) is 0 Å². The van der Waals surface area contributed by atoms with E-state index < -0.39 is 0 Å². The first-order valence-electron chi connectivity index (χ1n) is 6.53. The Labute approximate surface area is 105 Å². The quantitative estimate of drug-likeness (QED) is 0.767. The van der Waals surface area contributed by atoms with Crippen LogP contribution in [0.3, 0.4) is 0 Å². The van der Waals surface area contributed by atoms with E-state index in [9.17, 15) is 0 Å². The molecule has 0 spiro atoms. The van der Waals surface area contributed by atoms with E-state index in [0.717, 1.165) is 13.1 Å². The lowest BCUT2D eigenvalue weighted by atomic mass is 9.84. The van der Waals surface area contributed by atoms with Gasteiger partial charge in [0.15, 0.2) is 0 Å². The van der Waals surface area contributed by atoms with E-state index in [0.29, 0.717) is 11.3 Å². The fourth-order valence-corrected chi connectivity index (χ4v) is 2.63. The molecule has 1 aliphatic heterocycles. The highest BCUT2D eigenvalue weighted by Crippen LogP contribution is 2.31. The number of rotatable bonds is 1. The minimum Gasteiger partial charge on any atom is -0.383 e. The number of hydrogen-bond acceptors (Lipinski definition) is 2. The zero-order valence-electron chi connectivity index (χ0n) is 11.4. The molecule has 0 saturated heterocycles. The molecule has 1 atom stereocenters. The van der Waals surface area contributed by atoms with Crippen LogP contribution >= 0.6 is 0 Å². The third kappa shape index (κ3) is 3.15. The third-order valence-electron chi connectivity index (χ3n) is 3.32. The zero-order valence-corrected chi connectivity index (χ0v) is 11.4. The second kappa shape index (κ2) is 4.59. The van der Waals surface area contributed by atoms with Crippen molar-refractivity contribution in [1.29, 1.82) is 0 Å². The molecule has 1 unspecified atom stereocenters. The standard InChI is InChI=1S/C15H24N2/c1-11-6-5-7-13-14(11)17-10-12(9-16-13)8-15(2,3)4/h5-7,12,16-17H,8-10H2,1-4H3. The summed E-state index contributed by atoms with van der Waals surface area (Å²) in [5.41, 5.74) is 4.26. The molecular formula is C15H24N2. The minimum atomic E-state index is 0.402. The molecule has 0 aromatic heterocycles. The molecule has 94 valence electrons. The highest BCUT2D eigenvalue weighted by atomic mass is 15.0. The Bertz CT molecular complexity index is 390. The van der Waals surface area contributed by atoms with Gasteiger partial charge < -0.3 is 10.6 Å². The Kier molecular flexibility index (Phi) is 3.32. The van der Waals surface area contributed by atoms with Crippen LogP contribution < -0.4 is 10.6 Å². The van der Waals surface area contributed by atoms with Gasteiger partial charge in [-0.15, -0.1) is 0 Å². The van der Waals surface area contributed by atoms with E-state index >= 15 is 0 Å². The summed E-state index contributed by atoms with van der Waals surface area (Å²) in [4.78, 5) is 0. The molecule has 17 heavy (non-hydrogen) atoms. The summed E-state index contributed by atoms with van der Waals surface area (Å²) < 4.78 is 0. The number of nitrogens with one attached hydrogen (secondary N) is 2.